The lowest BCUT2D eigenvalue weighted by Crippen LogP contribution is -2.63. The van der Waals surface area contributed by atoms with Gasteiger partial charge in [-0.2, -0.15) is 0 Å². The molecular weight excluding hydrogens is 444 g/mol. The van der Waals surface area contributed by atoms with Gasteiger partial charge in [-0.25, -0.2) is 9.69 Å². The van der Waals surface area contributed by atoms with Crippen molar-refractivity contribution in [1.82, 2.24) is 0 Å². The molecule has 0 aliphatic carbocycles. The summed E-state index contributed by atoms with van der Waals surface area (Å²) in [6.07, 6.45) is -1.12. The molecule has 0 unspecified atom stereocenters. The van der Waals surface area contributed by atoms with Crippen molar-refractivity contribution in [3.63, 3.8) is 0 Å². The maximum atomic E-state index is 13.8. The smallest absolute Gasteiger partial charge is 0.338 e. The number of carbonyl (C=O) groups excluding carboxylic acids is 3. The number of anilines is 2. The van der Waals surface area contributed by atoms with Gasteiger partial charge in [-0.1, -0.05) is 12.1 Å². The van der Waals surface area contributed by atoms with E-state index in [1.165, 1.54) is 31.3 Å². The highest BCUT2D eigenvalue weighted by Crippen LogP contribution is 2.42. The number of fused-ring (bicyclic) bond motifs is 1. The van der Waals surface area contributed by atoms with Crippen LogP contribution in [0.2, 0.25) is 0 Å². The average molecular weight is 470 g/mol. The van der Waals surface area contributed by atoms with Gasteiger partial charge in [0.1, 0.15) is 18.3 Å². The van der Waals surface area contributed by atoms with Gasteiger partial charge >= 0.3 is 6.03 Å². The van der Waals surface area contributed by atoms with Gasteiger partial charge in [0, 0.05) is 18.7 Å². The van der Waals surface area contributed by atoms with E-state index in [2.05, 4.69) is 0 Å². The van der Waals surface area contributed by atoms with Crippen LogP contribution in [-0.4, -0.2) is 61.3 Å². The molecule has 0 bridgehead atoms. The van der Waals surface area contributed by atoms with Crippen molar-refractivity contribution < 1.29 is 37.7 Å². The lowest BCUT2D eigenvalue weighted by Gasteiger charge is -2.42. The van der Waals surface area contributed by atoms with Crippen LogP contribution in [0.1, 0.15) is 37.6 Å². The van der Waals surface area contributed by atoms with Crippen molar-refractivity contribution in [2.24, 2.45) is 0 Å². The van der Waals surface area contributed by atoms with Gasteiger partial charge in [0.2, 0.25) is 11.8 Å². The Bertz CT molecular complexity index is 1110. The summed E-state index contributed by atoms with van der Waals surface area (Å²) in [4.78, 5) is 41.4. The number of ether oxygens (including phenoxy) is 4. The quantitative estimate of drug-likeness (QED) is 0.614. The Balaban J connectivity index is 1.50. The van der Waals surface area contributed by atoms with Crippen LogP contribution in [0.4, 0.5) is 16.4 Å². The number of hydrogen-bond donors (Lipinski definition) is 0. The van der Waals surface area contributed by atoms with Gasteiger partial charge in [-0.15, -0.1) is 0 Å². The molecule has 0 spiro atoms. The number of furan rings is 1. The number of benzene rings is 1. The van der Waals surface area contributed by atoms with E-state index in [1.807, 2.05) is 0 Å². The van der Waals surface area contributed by atoms with Crippen LogP contribution < -0.4 is 9.80 Å². The monoisotopic (exact) mass is 470 g/mol. The van der Waals surface area contributed by atoms with Crippen LogP contribution in [0, 0.1) is 0 Å². The molecule has 10 heteroatoms. The van der Waals surface area contributed by atoms with E-state index >= 15 is 0 Å². The standard InChI is InChI=1S/C24H26N2O8/c1-13(27)14-7-5-8-15(11-14)25-17(28)12-16(26(23(25)29)18-9-6-10-31-18)19-20(30-4)21-22(32-19)34-24(2,3)33-21/h5-11,16,19-22H,12H2,1-4H3/t16-,19+,20-,21+,22+/m0/s1. The maximum Gasteiger partial charge on any atom is 0.338 e. The lowest BCUT2D eigenvalue weighted by molar-refractivity contribution is -0.219. The topological polar surface area (TPSA) is 108 Å². The molecule has 10 nitrogen and oxygen atoms in total. The minimum absolute atomic E-state index is 0.0654. The number of methoxy groups -OCH3 is 1. The third-order valence-corrected chi connectivity index (χ3v) is 6.30. The molecule has 180 valence electrons. The number of imide groups is 1. The number of ketones is 1. The molecule has 5 atom stereocenters. The Morgan fingerprint density at radius 1 is 1.12 bits per heavy atom. The van der Waals surface area contributed by atoms with Crippen molar-refractivity contribution in [3.05, 3.63) is 48.2 Å². The fourth-order valence-electron chi connectivity index (χ4n) is 4.85. The Kier molecular flexibility index (Phi) is 5.56. The van der Waals surface area contributed by atoms with E-state index in [9.17, 15) is 14.4 Å². The van der Waals surface area contributed by atoms with Crippen LogP contribution in [0.25, 0.3) is 0 Å². The van der Waals surface area contributed by atoms with Gasteiger partial charge < -0.3 is 23.4 Å². The Morgan fingerprint density at radius 2 is 1.91 bits per heavy atom. The first kappa shape index (κ1) is 22.7. The van der Waals surface area contributed by atoms with Crippen molar-refractivity contribution in [1.29, 1.82) is 0 Å². The highest BCUT2D eigenvalue weighted by atomic mass is 16.8. The number of Topliss-reactive ketones (excluding diaryl/α,β-unsaturated/α-hetero) is 1. The first-order chi connectivity index (χ1) is 16.2. The first-order valence-corrected chi connectivity index (χ1v) is 11.0. The number of rotatable bonds is 5. The van der Waals surface area contributed by atoms with E-state index in [0.717, 1.165) is 4.90 Å². The van der Waals surface area contributed by atoms with Crippen molar-refractivity contribution in [2.45, 2.75) is 63.6 Å². The molecule has 3 fully saturated rings. The predicted molar refractivity (Wildman–Crippen MR) is 118 cm³/mol. The second-order valence-electron chi connectivity index (χ2n) is 8.98. The fourth-order valence-corrected chi connectivity index (χ4v) is 4.85. The zero-order valence-corrected chi connectivity index (χ0v) is 19.3. The molecule has 1 aromatic carbocycles. The van der Waals surface area contributed by atoms with Crippen LogP contribution in [0.3, 0.4) is 0 Å². The van der Waals surface area contributed by atoms with Gasteiger partial charge in [0.25, 0.3) is 0 Å². The van der Waals surface area contributed by atoms with E-state index in [1.54, 1.807) is 44.2 Å². The number of nitrogens with zero attached hydrogens (tertiary/aromatic N) is 2. The van der Waals surface area contributed by atoms with Gasteiger partial charge in [0.15, 0.2) is 17.9 Å². The van der Waals surface area contributed by atoms with E-state index in [-0.39, 0.29) is 18.1 Å². The van der Waals surface area contributed by atoms with E-state index in [0.29, 0.717) is 11.3 Å². The molecule has 4 heterocycles. The molecule has 2 aromatic rings. The Hall–Kier alpha value is -3.05. The summed E-state index contributed by atoms with van der Waals surface area (Å²) in [5.41, 5.74) is 0.701. The number of carbonyl (C=O) groups is 3. The molecule has 0 saturated carbocycles. The van der Waals surface area contributed by atoms with Gasteiger partial charge in [0.05, 0.1) is 24.4 Å². The summed E-state index contributed by atoms with van der Waals surface area (Å²) < 4.78 is 29.3. The average Bonchev–Trinajstić information content (AvgIpc) is 3.48. The van der Waals surface area contributed by atoms with E-state index in [4.69, 9.17) is 23.4 Å². The largest absolute Gasteiger partial charge is 0.448 e. The van der Waals surface area contributed by atoms with Crippen molar-refractivity contribution in [3.8, 4) is 0 Å². The SMILES string of the molecule is CO[C@@H]1[C@H]2OC(C)(C)O[C@H]2O[C@@H]1[C@@H]1CC(=O)N(c2cccc(C(C)=O)c2)C(=O)N1c1ccco1. The molecule has 0 radical (unpaired) electrons. The minimum Gasteiger partial charge on any atom is -0.448 e. The molecule has 3 saturated heterocycles. The second-order valence-corrected chi connectivity index (χ2v) is 8.98. The highest BCUT2D eigenvalue weighted by molar-refractivity contribution is 6.22. The molecule has 5 rings (SSSR count). The molecular formula is C24H26N2O8. The third kappa shape index (κ3) is 3.72. The predicted octanol–water partition coefficient (Wildman–Crippen LogP) is 3.11. The number of amides is 3. The van der Waals surface area contributed by atoms with Crippen LogP contribution >= 0.6 is 0 Å². The molecule has 1 aromatic heterocycles. The molecule has 3 aliphatic heterocycles. The summed E-state index contributed by atoms with van der Waals surface area (Å²) in [5, 5.41) is 0. The van der Waals surface area contributed by atoms with Gasteiger partial charge in [-0.05, 0) is 39.0 Å². The lowest BCUT2D eigenvalue weighted by atomic mass is 9.96. The van der Waals surface area contributed by atoms with Crippen LogP contribution in [0.5, 0.6) is 0 Å². The summed E-state index contributed by atoms with van der Waals surface area (Å²) in [6, 6.07) is 8.35. The third-order valence-electron chi connectivity index (χ3n) is 6.30. The van der Waals surface area contributed by atoms with Crippen molar-refractivity contribution >= 4 is 29.3 Å². The van der Waals surface area contributed by atoms with Crippen LogP contribution in [0.15, 0.2) is 47.1 Å². The summed E-state index contributed by atoms with van der Waals surface area (Å²) in [6.45, 7) is 4.99. The molecule has 3 aliphatic rings. The maximum absolute atomic E-state index is 13.8. The normalized spacial score (nSPS) is 30.6. The molecule has 0 N–H and O–H groups in total. The number of urea groups is 1. The minimum atomic E-state index is -0.839. The fraction of sp³-hybridized carbons (Fsp3) is 0.458. The summed E-state index contributed by atoms with van der Waals surface area (Å²) >= 11 is 0. The molecule has 34 heavy (non-hydrogen) atoms. The highest BCUT2D eigenvalue weighted by Gasteiger charge is 2.59. The van der Waals surface area contributed by atoms with E-state index < -0.39 is 48.4 Å². The Labute approximate surface area is 196 Å². The second kappa shape index (κ2) is 8.31. The van der Waals surface area contributed by atoms with Crippen molar-refractivity contribution in [2.75, 3.05) is 16.9 Å². The molecule has 3 amide bonds. The summed E-state index contributed by atoms with van der Waals surface area (Å²) in [7, 11) is 1.53. The van der Waals surface area contributed by atoms with Gasteiger partial charge in [-0.3, -0.25) is 14.5 Å². The first-order valence-electron chi connectivity index (χ1n) is 11.0. The summed E-state index contributed by atoms with van der Waals surface area (Å²) in [5.74, 6) is -1.19. The zero-order valence-electron chi connectivity index (χ0n) is 19.3. The van der Waals surface area contributed by atoms with Crippen LogP contribution in [-0.2, 0) is 23.7 Å². The zero-order chi connectivity index (χ0) is 24.2. The number of hydrogen-bond acceptors (Lipinski definition) is 8. The Morgan fingerprint density at radius 3 is 2.59 bits per heavy atom.